The quantitative estimate of drug-likeness (QED) is 0.730. The standard InChI is InChI=1S/C19H19NO4/c1-22-17-10-15(11-18(23-2)19(17)24-3)16(21)9-8-13-4-6-14(12-20)7-5-13/h4-7,10-11H,8-9H2,1-3H3. The Balaban J connectivity index is 2.15. The molecule has 0 saturated carbocycles. The predicted octanol–water partition coefficient (Wildman–Crippen LogP) is 3.40. The highest BCUT2D eigenvalue weighted by Crippen LogP contribution is 2.38. The fraction of sp³-hybridized carbons (Fsp3) is 0.263. The van der Waals surface area contributed by atoms with E-state index in [2.05, 4.69) is 6.07 Å². The van der Waals surface area contributed by atoms with Crippen LogP contribution in [0.3, 0.4) is 0 Å². The first-order valence-corrected chi connectivity index (χ1v) is 7.45. The van der Waals surface area contributed by atoms with Gasteiger partial charge in [-0.25, -0.2) is 0 Å². The maximum absolute atomic E-state index is 12.5. The van der Waals surface area contributed by atoms with Crippen LogP contribution in [-0.2, 0) is 6.42 Å². The van der Waals surface area contributed by atoms with Crippen molar-refractivity contribution in [1.82, 2.24) is 0 Å². The van der Waals surface area contributed by atoms with E-state index in [1.807, 2.05) is 12.1 Å². The van der Waals surface area contributed by atoms with Crippen LogP contribution in [0.15, 0.2) is 36.4 Å². The van der Waals surface area contributed by atoms with Gasteiger partial charge in [0, 0.05) is 12.0 Å². The van der Waals surface area contributed by atoms with Crippen molar-refractivity contribution < 1.29 is 19.0 Å². The normalized spacial score (nSPS) is 9.92. The van der Waals surface area contributed by atoms with Crippen molar-refractivity contribution in [2.24, 2.45) is 0 Å². The van der Waals surface area contributed by atoms with E-state index in [4.69, 9.17) is 19.5 Å². The molecule has 0 aliphatic rings. The number of carbonyl (C=O) groups is 1. The Morgan fingerprint density at radius 3 is 2.04 bits per heavy atom. The summed E-state index contributed by atoms with van der Waals surface area (Å²) in [6.07, 6.45) is 0.950. The molecule has 0 unspecified atom stereocenters. The van der Waals surface area contributed by atoms with Crippen LogP contribution in [0.5, 0.6) is 17.2 Å². The van der Waals surface area contributed by atoms with Gasteiger partial charge in [0.05, 0.1) is 33.0 Å². The number of ketones is 1. The highest BCUT2D eigenvalue weighted by Gasteiger charge is 2.16. The van der Waals surface area contributed by atoms with Gasteiger partial charge in [0.25, 0.3) is 0 Å². The van der Waals surface area contributed by atoms with Crippen LogP contribution in [0.4, 0.5) is 0 Å². The lowest BCUT2D eigenvalue weighted by Crippen LogP contribution is -2.04. The second kappa shape index (κ2) is 8.02. The van der Waals surface area contributed by atoms with Gasteiger partial charge in [-0.1, -0.05) is 12.1 Å². The molecular weight excluding hydrogens is 306 g/mol. The summed E-state index contributed by atoms with van der Waals surface area (Å²) >= 11 is 0. The van der Waals surface area contributed by atoms with Gasteiger partial charge >= 0.3 is 0 Å². The smallest absolute Gasteiger partial charge is 0.203 e. The molecule has 5 nitrogen and oxygen atoms in total. The molecule has 0 saturated heterocycles. The summed E-state index contributed by atoms with van der Waals surface area (Å²) in [5.74, 6) is 1.36. The number of aryl methyl sites for hydroxylation is 1. The van der Waals surface area contributed by atoms with Crippen molar-refractivity contribution in [3.05, 3.63) is 53.1 Å². The number of methoxy groups -OCH3 is 3. The van der Waals surface area contributed by atoms with Crippen molar-refractivity contribution in [1.29, 1.82) is 5.26 Å². The van der Waals surface area contributed by atoms with Gasteiger partial charge in [-0.15, -0.1) is 0 Å². The van der Waals surface area contributed by atoms with Gasteiger partial charge in [-0.05, 0) is 36.2 Å². The van der Waals surface area contributed by atoms with Gasteiger partial charge in [-0.3, -0.25) is 4.79 Å². The number of hydrogen-bond donors (Lipinski definition) is 0. The van der Waals surface area contributed by atoms with Crippen molar-refractivity contribution >= 4 is 5.78 Å². The lowest BCUT2D eigenvalue weighted by Gasteiger charge is -2.13. The van der Waals surface area contributed by atoms with E-state index in [1.165, 1.54) is 21.3 Å². The maximum atomic E-state index is 12.5. The van der Waals surface area contributed by atoms with Gasteiger partial charge in [-0.2, -0.15) is 5.26 Å². The maximum Gasteiger partial charge on any atom is 0.203 e. The summed E-state index contributed by atoms with van der Waals surface area (Å²) in [6.45, 7) is 0. The summed E-state index contributed by atoms with van der Waals surface area (Å²) in [6, 6.07) is 12.6. The van der Waals surface area contributed by atoms with Crippen LogP contribution in [0.1, 0.15) is 27.9 Å². The van der Waals surface area contributed by atoms with E-state index < -0.39 is 0 Å². The monoisotopic (exact) mass is 325 g/mol. The Bertz CT molecular complexity index is 735. The Hall–Kier alpha value is -3.00. The van der Waals surface area contributed by atoms with E-state index in [0.717, 1.165) is 5.56 Å². The number of nitriles is 1. The summed E-state index contributed by atoms with van der Waals surface area (Å²) in [5.41, 5.74) is 2.13. The molecule has 24 heavy (non-hydrogen) atoms. The summed E-state index contributed by atoms with van der Waals surface area (Å²) in [4.78, 5) is 12.5. The molecule has 124 valence electrons. The first-order chi connectivity index (χ1) is 11.6. The van der Waals surface area contributed by atoms with Crippen molar-refractivity contribution in [3.8, 4) is 23.3 Å². The Morgan fingerprint density at radius 2 is 1.58 bits per heavy atom. The van der Waals surface area contributed by atoms with Crippen LogP contribution in [0.25, 0.3) is 0 Å². The molecule has 2 rings (SSSR count). The van der Waals surface area contributed by atoms with Crippen molar-refractivity contribution in [3.63, 3.8) is 0 Å². The van der Waals surface area contributed by atoms with Gasteiger partial charge in [0.15, 0.2) is 17.3 Å². The number of hydrogen-bond acceptors (Lipinski definition) is 5. The highest BCUT2D eigenvalue weighted by atomic mass is 16.5. The number of benzene rings is 2. The fourth-order valence-electron chi connectivity index (χ4n) is 2.39. The molecule has 0 bridgehead atoms. The number of carbonyl (C=O) groups excluding carboxylic acids is 1. The molecule has 2 aromatic carbocycles. The molecular formula is C19H19NO4. The third-order valence-corrected chi connectivity index (χ3v) is 3.71. The summed E-state index contributed by atoms with van der Waals surface area (Å²) in [7, 11) is 4.55. The fourth-order valence-corrected chi connectivity index (χ4v) is 2.39. The predicted molar refractivity (Wildman–Crippen MR) is 89.9 cm³/mol. The molecule has 5 heteroatoms. The zero-order valence-electron chi connectivity index (χ0n) is 14.0. The average molecular weight is 325 g/mol. The minimum atomic E-state index is -0.0152. The van der Waals surface area contributed by atoms with Crippen molar-refractivity contribution in [2.75, 3.05) is 21.3 Å². The number of Topliss-reactive ketones (excluding diaryl/α,β-unsaturated/α-hetero) is 1. The zero-order valence-corrected chi connectivity index (χ0v) is 14.0. The van der Waals surface area contributed by atoms with Crippen LogP contribution < -0.4 is 14.2 Å². The highest BCUT2D eigenvalue weighted by molar-refractivity contribution is 5.97. The molecule has 0 aromatic heterocycles. The molecule has 0 radical (unpaired) electrons. The third-order valence-electron chi connectivity index (χ3n) is 3.71. The second-order valence-electron chi connectivity index (χ2n) is 5.15. The molecule has 0 aliphatic heterocycles. The van der Waals surface area contributed by atoms with E-state index in [9.17, 15) is 4.79 Å². The third kappa shape index (κ3) is 3.85. The molecule has 0 spiro atoms. The number of rotatable bonds is 7. The average Bonchev–Trinajstić information content (AvgIpc) is 2.65. The minimum absolute atomic E-state index is 0.0152. The molecule has 0 fully saturated rings. The SMILES string of the molecule is COc1cc(C(=O)CCc2ccc(C#N)cc2)cc(OC)c1OC. The Labute approximate surface area is 141 Å². The number of ether oxygens (including phenoxy) is 3. The second-order valence-corrected chi connectivity index (χ2v) is 5.15. The van der Waals surface area contributed by atoms with Gasteiger partial charge in [0.2, 0.25) is 5.75 Å². The van der Waals surface area contributed by atoms with Gasteiger partial charge < -0.3 is 14.2 Å². The molecule has 0 amide bonds. The molecule has 2 aromatic rings. The summed E-state index contributed by atoms with van der Waals surface area (Å²) in [5, 5.41) is 8.80. The lowest BCUT2D eigenvalue weighted by molar-refractivity contribution is 0.0982. The van der Waals surface area contributed by atoms with Gasteiger partial charge in [0.1, 0.15) is 0 Å². The number of nitrogens with zero attached hydrogens (tertiary/aromatic N) is 1. The van der Waals surface area contributed by atoms with Crippen LogP contribution in [0, 0.1) is 11.3 Å². The molecule has 0 heterocycles. The van der Waals surface area contributed by atoms with E-state index in [-0.39, 0.29) is 5.78 Å². The van der Waals surface area contributed by atoms with E-state index >= 15 is 0 Å². The molecule has 0 atom stereocenters. The first kappa shape index (κ1) is 17.4. The first-order valence-electron chi connectivity index (χ1n) is 7.45. The van der Waals surface area contributed by atoms with E-state index in [0.29, 0.717) is 41.2 Å². The topological polar surface area (TPSA) is 68.6 Å². The minimum Gasteiger partial charge on any atom is -0.493 e. The Morgan fingerprint density at radius 1 is 1.00 bits per heavy atom. The van der Waals surface area contributed by atoms with Crippen LogP contribution >= 0.6 is 0 Å². The zero-order chi connectivity index (χ0) is 17.5. The summed E-state index contributed by atoms with van der Waals surface area (Å²) < 4.78 is 15.8. The molecule has 0 N–H and O–H groups in total. The molecule has 0 aliphatic carbocycles. The van der Waals surface area contributed by atoms with E-state index in [1.54, 1.807) is 24.3 Å². The van der Waals surface area contributed by atoms with Crippen LogP contribution in [0.2, 0.25) is 0 Å². The lowest BCUT2D eigenvalue weighted by atomic mass is 10.0. The van der Waals surface area contributed by atoms with Crippen molar-refractivity contribution in [2.45, 2.75) is 12.8 Å². The van der Waals surface area contributed by atoms with Crippen LogP contribution in [-0.4, -0.2) is 27.1 Å². The largest absolute Gasteiger partial charge is 0.493 e. The Kier molecular flexibility index (Phi) is 5.80.